The number of nitrogens with one attached hydrogen (secondary N) is 2. The number of hydrogen-bond acceptors (Lipinski definition) is 3. The van der Waals surface area contributed by atoms with Gasteiger partial charge in [0.15, 0.2) is 0 Å². The average molecular weight is 214 g/mol. The molecule has 0 aromatic rings. The lowest BCUT2D eigenvalue weighted by Crippen LogP contribution is -2.45. The van der Waals surface area contributed by atoms with E-state index in [-0.39, 0.29) is 12.5 Å². The summed E-state index contributed by atoms with van der Waals surface area (Å²) in [6, 6.07) is 0. The highest BCUT2D eigenvalue weighted by molar-refractivity contribution is 5.76. The summed E-state index contributed by atoms with van der Waals surface area (Å²) in [6.45, 7) is 4.95. The van der Waals surface area contributed by atoms with E-state index in [0.717, 1.165) is 25.9 Å². The van der Waals surface area contributed by atoms with Gasteiger partial charge in [0, 0.05) is 19.6 Å². The molecule has 0 aromatic carbocycles. The third-order valence-corrected chi connectivity index (χ3v) is 3.04. The Labute approximate surface area is 91.4 Å². The molecule has 0 aromatic heterocycles. The first-order chi connectivity index (χ1) is 7.26. The molecule has 0 aliphatic carbocycles. The summed E-state index contributed by atoms with van der Waals surface area (Å²) >= 11 is 0. The van der Waals surface area contributed by atoms with E-state index in [1.54, 1.807) is 0 Å². The predicted octanol–water partition coefficient (Wildman–Crippen LogP) is 0.121. The first-order valence-corrected chi connectivity index (χ1v) is 5.84. The standard InChI is InChI=1S/C11H22N2O2/c1-2-9(3-4-14)8-13-11(15)5-10-6-12-7-10/h9-10,12,14H,2-8H2,1H3,(H,13,15). The normalized spacial score (nSPS) is 18.3. The van der Waals surface area contributed by atoms with E-state index < -0.39 is 0 Å². The fourth-order valence-electron chi connectivity index (χ4n) is 1.72. The lowest BCUT2D eigenvalue weighted by atomic mass is 9.98. The van der Waals surface area contributed by atoms with Crippen molar-refractivity contribution >= 4 is 5.91 Å². The predicted molar refractivity (Wildman–Crippen MR) is 59.5 cm³/mol. The van der Waals surface area contributed by atoms with Crippen LogP contribution in [0, 0.1) is 11.8 Å². The molecule has 1 amide bonds. The van der Waals surface area contributed by atoms with Crippen LogP contribution < -0.4 is 10.6 Å². The van der Waals surface area contributed by atoms with E-state index in [2.05, 4.69) is 17.6 Å². The van der Waals surface area contributed by atoms with Crippen molar-refractivity contribution in [3.05, 3.63) is 0 Å². The number of aliphatic hydroxyl groups excluding tert-OH is 1. The quantitative estimate of drug-likeness (QED) is 0.564. The Kier molecular flexibility index (Phi) is 5.65. The summed E-state index contributed by atoms with van der Waals surface area (Å²) in [5, 5.41) is 14.9. The van der Waals surface area contributed by atoms with Crippen molar-refractivity contribution < 1.29 is 9.90 Å². The Balaban J connectivity index is 2.08. The van der Waals surface area contributed by atoms with Gasteiger partial charge in [0.1, 0.15) is 0 Å². The first-order valence-electron chi connectivity index (χ1n) is 5.84. The van der Waals surface area contributed by atoms with Gasteiger partial charge in [-0.3, -0.25) is 4.79 Å². The first kappa shape index (κ1) is 12.5. The topological polar surface area (TPSA) is 61.4 Å². The second-order valence-corrected chi connectivity index (χ2v) is 4.32. The van der Waals surface area contributed by atoms with Crippen LogP contribution in [0.2, 0.25) is 0 Å². The molecule has 0 bridgehead atoms. The average Bonchev–Trinajstić information content (AvgIpc) is 2.18. The second kappa shape index (κ2) is 6.80. The smallest absolute Gasteiger partial charge is 0.220 e. The van der Waals surface area contributed by atoms with Crippen molar-refractivity contribution in [3.8, 4) is 0 Å². The molecule has 0 saturated carbocycles. The van der Waals surface area contributed by atoms with Crippen molar-refractivity contribution in [1.82, 2.24) is 10.6 Å². The van der Waals surface area contributed by atoms with E-state index in [0.29, 0.717) is 24.8 Å². The molecule has 1 fully saturated rings. The summed E-state index contributed by atoms with van der Waals surface area (Å²) in [5.41, 5.74) is 0. The van der Waals surface area contributed by atoms with Gasteiger partial charge in [-0.2, -0.15) is 0 Å². The van der Waals surface area contributed by atoms with Crippen LogP contribution in [0.4, 0.5) is 0 Å². The Morgan fingerprint density at radius 3 is 2.80 bits per heavy atom. The zero-order valence-corrected chi connectivity index (χ0v) is 9.46. The molecule has 4 nitrogen and oxygen atoms in total. The SMILES string of the molecule is CCC(CCO)CNC(=O)CC1CNC1. The van der Waals surface area contributed by atoms with Crippen LogP contribution in [0.15, 0.2) is 0 Å². The van der Waals surface area contributed by atoms with Crippen molar-refractivity contribution in [1.29, 1.82) is 0 Å². The zero-order chi connectivity index (χ0) is 11.1. The van der Waals surface area contributed by atoms with E-state index in [4.69, 9.17) is 5.11 Å². The number of carbonyl (C=O) groups excluding carboxylic acids is 1. The number of hydrogen-bond donors (Lipinski definition) is 3. The minimum Gasteiger partial charge on any atom is -0.396 e. The van der Waals surface area contributed by atoms with Crippen molar-refractivity contribution in [2.24, 2.45) is 11.8 Å². The van der Waals surface area contributed by atoms with E-state index in [1.807, 2.05) is 0 Å². The number of aliphatic hydroxyl groups is 1. The molecule has 0 spiro atoms. The highest BCUT2D eigenvalue weighted by Gasteiger charge is 2.20. The highest BCUT2D eigenvalue weighted by Crippen LogP contribution is 2.09. The van der Waals surface area contributed by atoms with Crippen molar-refractivity contribution in [3.63, 3.8) is 0 Å². The number of rotatable bonds is 7. The van der Waals surface area contributed by atoms with Gasteiger partial charge < -0.3 is 15.7 Å². The van der Waals surface area contributed by atoms with E-state index >= 15 is 0 Å². The van der Waals surface area contributed by atoms with Gasteiger partial charge in [-0.25, -0.2) is 0 Å². The Morgan fingerprint density at radius 2 is 2.33 bits per heavy atom. The van der Waals surface area contributed by atoms with Crippen LogP contribution in [-0.2, 0) is 4.79 Å². The van der Waals surface area contributed by atoms with Gasteiger partial charge in [0.25, 0.3) is 0 Å². The Hall–Kier alpha value is -0.610. The minimum absolute atomic E-state index is 0.151. The highest BCUT2D eigenvalue weighted by atomic mass is 16.3. The Morgan fingerprint density at radius 1 is 1.60 bits per heavy atom. The van der Waals surface area contributed by atoms with E-state index in [1.165, 1.54) is 0 Å². The molecular formula is C11H22N2O2. The molecule has 4 heteroatoms. The van der Waals surface area contributed by atoms with Crippen LogP contribution in [-0.4, -0.2) is 37.3 Å². The molecular weight excluding hydrogens is 192 g/mol. The molecule has 1 aliphatic heterocycles. The summed E-state index contributed by atoms with van der Waals surface area (Å²) in [4.78, 5) is 11.5. The molecule has 15 heavy (non-hydrogen) atoms. The van der Waals surface area contributed by atoms with Crippen molar-refractivity contribution in [2.45, 2.75) is 26.2 Å². The largest absolute Gasteiger partial charge is 0.396 e. The third kappa shape index (κ3) is 4.62. The van der Waals surface area contributed by atoms with Crippen LogP contribution in [0.1, 0.15) is 26.2 Å². The number of carbonyl (C=O) groups is 1. The fourth-order valence-corrected chi connectivity index (χ4v) is 1.72. The molecule has 1 saturated heterocycles. The molecule has 88 valence electrons. The maximum Gasteiger partial charge on any atom is 0.220 e. The van der Waals surface area contributed by atoms with Gasteiger partial charge in [-0.1, -0.05) is 13.3 Å². The minimum atomic E-state index is 0.151. The van der Waals surface area contributed by atoms with Crippen molar-refractivity contribution in [2.75, 3.05) is 26.2 Å². The van der Waals surface area contributed by atoms with E-state index in [9.17, 15) is 4.79 Å². The monoisotopic (exact) mass is 214 g/mol. The molecule has 0 radical (unpaired) electrons. The summed E-state index contributed by atoms with van der Waals surface area (Å²) < 4.78 is 0. The fraction of sp³-hybridized carbons (Fsp3) is 0.909. The maximum atomic E-state index is 11.5. The Bertz CT molecular complexity index is 193. The molecule has 1 heterocycles. The maximum absolute atomic E-state index is 11.5. The van der Waals surface area contributed by atoms with Crippen LogP contribution in [0.3, 0.4) is 0 Å². The van der Waals surface area contributed by atoms with Crippen LogP contribution >= 0.6 is 0 Å². The second-order valence-electron chi connectivity index (χ2n) is 4.32. The van der Waals surface area contributed by atoms with Crippen LogP contribution in [0.25, 0.3) is 0 Å². The lowest BCUT2D eigenvalue weighted by molar-refractivity contribution is -0.122. The van der Waals surface area contributed by atoms with Gasteiger partial charge in [0.05, 0.1) is 0 Å². The summed E-state index contributed by atoms with van der Waals surface area (Å²) in [5.74, 6) is 1.10. The summed E-state index contributed by atoms with van der Waals surface area (Å²) in [6.07, 6.45) is 2.43. The molecule has 1 unspecified atom stereocenters. The lowest BCUT2D eigenvalue weighted by Gasteiger charge is -2.26. The van der Waals surface area contributed by atoms with Gasteiger partial charge in [-0.05, 0) is 31.3 Å². The molecule has 1 rings (SSSR count). The summed E-state index contributed by atoms with van der Waals surface area (Å²) in [7, 11) is 0. The molecule has 3 N–H and O–H groups in total. The molecule has 1 atom stereocenters. The molecule has 1 aliphatic rings. The third-order valence-electron chi connectivity index (χ3n) is 3.04. The van der Waals surface area contributed by atoms with Gasteiger partial charge >= 0.3 is 0 Å². The van der Waals surface area contributed by atoms with Gasteiger partial charge in [-0.15, -0.1) is 0 Å². The van der Waals surface area contributed by atoms with Gasteiger partial charge in [0.2, 0.25) is 5.91 Å². The number of amides is 1. The zero-order valence-electron chi connectivity index (χ0n) is 9.46. The van der Waals surface area contributed by atoms with Crippen LogP contribution in [0.5, 0.6) is 0 Å².